The van der Waals surface area contributed by atoms with Crippen molar-refractivity contribution in [2.75, 3.05) is 37.8 Å². The zero-order valence-electron chi connectivity index (χ0n) is 15.6. The lowest BCUT2D eigenvalue weighted by atomic mass is 10.0. The Morgan fingerprint density at radius 1 is 1.08 bits per heavy atom. The highest BCUT2D eigenvalue weighted by atomic mass is 16.1. The van der Waals surface area contributed by atoms with E-state index >= 15 is 0 Å². The van der Waals surface area contributed by atoms with Crippen LogP contribution in [0.4, 0.5) is 11.5 Å². The van der Waals surface area contributed by atoms with Crippen molar-refractivity contribution in [1.29, 1.82) is 0 Å². The fourth-order valence-electron chi connectivity index (χ4n) is 2.63. The zero-order valence-corrected chi connectivity index (χ0v) is 15.6. The molecule has 2 aromatic rings. The molecule has 0 saturated carbocycles. The maximum absolute atomic E-state index is 12.6. The largest absolute Gasteiger partial charge is 0.369 e. The monoisotopic (exact) mass is 340 g/mol. The number of aryl methyl sites for hydroxylation is 2. The van der Waals surface area contributed by atoms with E-state index in [-0.39, 0.29) is 5.91 Å². The molecule has 1 amide bonds. The van der Waals surface area contributed by atoms with E-state index in [4.69, 9.17) is 0 Å². The Bertz CT molecular complexity index is 673. The summed E-state index contributed by atoms with van der Waals surface area (Å²) in [7, 11) is 4.06. The van der Waals surface area contributed by atoms with E-state index in [9.17, 15) is 4.79 Å². The van der Waals surface area contributed by atoms with E-state index in [1.54, 1.807) is 12.3 Å². The molecule has 5 nitrogen and oxygen atoms in total. The van der Waals surface area contributed by atoms with E-state index in [2.05, 4.69) is 46.5 Å². The highest BCUT2D eigenvalue weighted by Crippen LogP contribution is 2.23. The third kappa shape index (κ3) is 5.29. The van der Waals surface area contributed by atoms with Gasteiger partial charge in [0.25, 0.3) is 5.91 Å². The van der Waals surface area contributed by atoms with Gasteiger partial charge in [-0.3, -0.25) is 4.79 Å². The van der Waals surface area contributed by atoms with Crippen LogP contribution in [-0.2, 0) is 12.8 Å². The number of nitrogens with zero attached hydrogens (tertiary/aromatic N) is 2. The summed E-state index contributed by atoms with van der Waals surface area (Å²) in [6, 6.07) is 9.82. The molecule has 0 aliphatic heterocycles. The molecule has 0 saturated heterocycles. The van der Waals surface area contributed by atoms with Crippen LogP contribution >= 0.6 is 0 Å². The molecule has 0 fully saturated rings. The van der Waals surface area contributed by atoms with Gasteiger partial charge in [-0.05, 0) is 50.2 Å². The highest BCUT2D eigenvalue weighted by Gasteiger charge is 2.12. The number of aromatic nitrogens is 1. The Kier molecular flexibility index (Phi) is 6.95. The number of hydrogen-bond acceptors (Lipinski definition) is 4. The molecule has 134 valence electrons. The summed E-state index contributed by atoms with van der Waals surface area (Å²) in [6.07, 6.45) is 3.39. The molecule has 0 aliphatic carbocycles. The van der Waals surface area contributed by atoms with E-state index < -0.39 is 0 Å². The minimum Gasteiger partial charge on any atom is -0.369 e. The van der Waals surface area contributed by atoms with Gasteiger partial charge in [-0.15, -0.1) is 0 Å². The molecule has 2 N–H and O–H groups in total. The van der Waals surface area contributed by atoms with Crippen molar-refractivity contribution in [2.24, 2.45) is 0 Å². The van der Waals surface area contributed by atoms with Gasteiger partial charge in [0.05, 0.1) is 5.56 Å². The summed E-state index contributed by atoms with van der Waals surface area (Å²) in [5.74, 6) is 0.657. The predicted molar refractivity (Wildman–Crippen MR) is 104 cm³/mol. The smallest absolute Gasteiger partial charge is 0.257 e. The summed E-state index contributed by atoms with van der Waals surface area (Å²) < 4.78 is 0. The number of hydrogen-bond donors (Lipinski definition) is 2. The number of benzene rings is 1. The molecule has 1 aromatic heterocycles. The van der Waals surface area contributed by atoms with Crippen molar-refractivity contribution < 1.29 is 4.79 Å². The van der Waals surface area contributed by atoms with Crippen LogP contribution in [-0.4, -0.2) is 43.0 Å². The second-order valence-electron chi connectivity index (χ2n) is 6.27. The van der Waals surface area contributed by atoms with Crippen molar-refractivity contribution in [2.45, 2.75) is 26.7 Å². The Balaban J connectivity index is 2.06. The van der Waals surface area contributed by atoms with Gasteiger partial charge in [-0.1, -0.05) is 32.0 Å². The Morgan fingerprint density at radius 2 is 1.76 bits per heavy atom. The van der Waals surface area contributed by atoms with Gasteiger partial charge < -0.3 is 15.5 Å². The van der Waals surface area contributed by atoms with Crippen molar-refractivity contribution in [3.63, 3.8) is 0 Å². The highest BCUT2D eigenvalue weighted by molar-refractivity contribution is 6.05. The summed E-state index contributed by atoms with van der Waals surface area (Å²) >= 11 is 0. The van der Waals surface area contributed by atoms with Crippen LogP contribution in [0.15, 0.2) is 36.5 Å². The van der Waals surface area contributed by atoms with Gasteiger partial charge >= 0.3 is 0 Å². The molecule has 25 heavy (non-hydrogen) atoms. The first-order valence-electron chi connectivity index (χ1n) is 8.81. The van der Waals surface area contributed by atoms with Crippen LogP contribution in [0.1, 0.15) is 35.3 Å². The summed E-state index contributed by atoms with van der Waals surface area (Å²) in [5.41, 5.74) is 3.81. The normalized spacial score (nSPS) is 10.8. The van der Waals surface area contributed by atoms with E-state index in [1.807, 2.05) is 26.2 Å². The third-order valence-electron chi connectivity index (χ3n) is 4.13. The average Bonchev–Trinajstić information content (AvgIpc) is 2.62. The maximum atomic E-state index is 12.6. The standard InChI is InChI=1S/C20H28N4O/c1-5-15-8-7-9-16(6-2)19(15)23-20(25)17-10-11-18(22-14-17)21-12-13-24(3)4/h7-11,14H,5-6,12-13H2,1-4H3,(H,21,22)(H,23,25). The SMILES string of the molecule is CCc1cccc(CC)c1NC(=O)c1ccc(NCCN(C)C)nc1. The van der Waals surface area contributed by atoms with Crippen molar-refractivity contribution in [1.82, 2.24) is 9.88 Å². The number of rotatable bonds is 8. The predicted octanol–water partition coefficient (Wildman–Crippen LogP) is 3.43. The summed E-state index contributed by atoms with van der Waals surface area (Å²) in [4.78, 5) is 19.0. The quantitative estimate of drug-likeness (QED) is 0.773. The molecule has 1 aromatic carbocycles. The summed E-state index contributed by atoms with van der Waals surface area (Å²) in [5, 5.41) is 6.31. The minimum absolute atomic E-state index is 0.122. The van der Waals surface area contributed by atoms with Gasteiger partial charge in [-0.25, -0.2) is 4.98 Å². The van der Waals surface area contributed by atoms with Crippen LogP contribution < -0.4 is 10.6 Å². The van der Waals surface area contributed by atoms with Crippen LogP contribution in [0.25, 0.3) is 0 Å². The van der Waals surface area contributed by atoms with Gasteiger partial charge in [0.1, 0.15) is 5.82 Å². The van der Waals surface area contributed by atoms with Gasteiger partial charge in [0.15, 0.2) is 0 Å². The molecule has 2 rings (SSSR count). The van der Waals surface area contributed by atoms with E-state index in [0.29, 0.717) is 5.56 Å². The lowest BCUT2D eigenvalue weighted by Crippen LogP contribution is -2.21. The third-order valence-corrected chi connectivity index (χ3v) is 4.13. The Hall–Kier alpha value is -2.40. The van der Waals surface area contributed by atoms with Crippen molar-refractivity contribution in [3.8, 4) is 0 Å². The zero-order chi connectivity index (χ0) is 18.2. The lowest BCUT2D eigenvalue weighted by molar-refractivity contribution is 0.102. The molecule has 0 bridgehead atoms. The lowest BCUT2D eigenvalue weighted by Gasteiger charge is -2.14. The number of carbonyl (C=O) groups is 1. The first-order chi connectivity index (χ1) is 12.0. The minimum atomic E-state index is -0.122. The summed E-state index contributed by atoms with van der Waals surface area (Å²) in [6.45, 7) is 5.94. The molecule has 0 unspecified atom stereocenters. The molecule has 0 spiro atoms. The fourth-order valence-corrected chi connectivity index (χ4v) is 2.63. The fraction of sp³-hybridized carbons (Fsp3) is 0.400. The van der Waals surface area contributed by atoms with Crippen LogP contribution in [0.5, 0.6) is 0 Å². The molecule has 0 aliphatic rings. The molecule has 0 radical (unpaired) electrons. The van der Waals surface area contributed by atoms with Crippen LogP contribution in [0.3, 0.4) is 0 Å². The molecule has 5 heteroatoms. The van der Waals surface area contributed by atoms with Gasteiger partial charge in [-0.2, -0.15) is 0 Å². The Labute approximate surface area is 150 Å². The second-order valence-corrected chi connectivity index (χ2v) is 6.27. The topological polar surface area (TPSA) is 57.3 Å². The number of likely N-dealkylation sites (N-methyl/N-ethyl adjacent to an activating group) is 1. The van der Waals surface area contributed by atoms with Gasteiger partial charge in [0, 0.05) is 25.0 Å². The van der Waals surface area contributed by atoms with E-state index in [0.717, 1.165) is 48.6 Å². The van der Waals surface area contributed by atoms with Crippen LogP contribution in [0, 0.1) is 0 Å². The first-order valence-corrected chi connectivity index (χ1v) is 8.81. The number of carbonyl (C=O) groups excluding carboxylic acids is 1. The molecular weight excluding hydrogens is 312 g/mol. The average molecular weight is 340 g/mol. The van der Waals surface area contributed by atoms with E-state index in [1.165, 1.54) is 0 Å². The van der Waals surface area contributed by atoms with Crippen LogP contribution in [0.2, 0.25) is 0 Å². The molecular formula is C20H28N4O. The second kappa shape index (κ2) is 9.18. The number of nitrogens with one attached hydrogen (secondary N) is 2. The first kappa shape index (κ1) is 18.9. The van der Waals surface area contributed by atoms with Crippen molar-refractivity contribution >= 4 is 17.4 Å². The number of para-hydroxylation sites is 1. The van der Waals surface area contributed by atoms with Crippen molar-refractivity contribution in [3.05, 3.63) is 53.2 Å². The Morgan fingerprint density at radius 3 is 2.28 bits per heavy atom. The van der Waals surface area contributed by atoms with Gasteiger partial charge in [0.2, 0.25) is 0 Å². The maximum Gasteiger partial charge on any atom is 0.257 e. The molecule has 1 heterocycles. The number of amides is 1. The number of pyridine rings is 1. The molecule has 0 atom stereocenters. The number of anilines is 2.